The van der Waals surface area contributed by atoms with Crippen molar-refractivity contribution in [1.29, 1.82) is 5.26 Å². The molecule has 0 aromatic heterocycles. The van der Waals surface area contributed by atoms with Crippen molar-refractivity contribution in [3.63, 3.8) is 0 Å². The summed E-state index contributed by atoms with van der Waals surface area (Å²) in [5, 5.41) is 35.7. The predicted octanol–water partition coefficient (Wildman–Crippen LogP) is 2.10. The number of hydrogen-bond acceptors (Lipinski definition) is 4. The third-order valence-corrected chi connectivity index (χ3v) is 2.46. The molecule has 0 saturated heterocycles. The van der Waals surface area contributed by atoms with Crippen LogP contribution in [0.4, 0.5) is 0 Å². The van der Waals surface area contributed by atoms with Gasteiger partial charge in [-0.3, -0.25) is 4.79 Å². The maximum atomic E-state index is 10.3. The summed E-state index contributed by atoms with van der Waals surface area (Å²) in [5.74, 6) is -0.862. The Morgan fingerprint density at radius 3 is 2.29 bits per heavy atom. The number of carboxylic acid groups (broad SMARTS) is 1. The Hall–Kier alpha value is -2.16. The maximum Gasteiger partial charge on any atom is 0.303 e. The van der Waals surface area contributed by atoms with Crippen LogP contribution in [-0.4, -0.2) is 33.5 Å². The molecule has 0 rings (SSSR count). The molecule has 5 heteroatoms. The lowest BCUT2D eigenvalue weighted by atomic mass is 10.1. The van der Waals surface area contributed by atoms with Gasteiger partial charge in [-0.1, -0.05) is 42.5 Å². The highest BCUT2D eigenvalue weighted by atomic mass is 16.4. The number of aliphatic hydroxyl groups excluding tert-OH is 2. The normalized spacial score (nSPS) is 15.1. The van der Waals surface area contributed by atoms with Gasteiger partial charge in [0.2, 0.25) is 0 Å². The zero-order valence-electron chi connectivity index (χ0n) is 11.8. The van der Waals surface area contributed by atoms with Crippen molar-refractivity contribution in [2.75, 3.05) is 0 Å². The van der Waals surface area contributed by atoms with E-state index in [0.29, 0.717) is 19.3 Å². The van der Waals surface area contributed by atoms with Crippen molar-refractivity contribution < 1.29 is 20.1 Å². The monoisotopic (exact) mass is 291 g/mol. The van der Waals surface area contributed by atoms with Crippen LogP contribution < -0.4 is 0 Å². The zero-order valence-corrected chi connectivity index (χ0v) is 11.8. The molecule has 0 aromatic rings. The van der Waals surface area contributed by atoms with Crippen molar-refractivity contribution in [1.82, 2.24) is 0 Å². The Labute approximate surface area is 124 Å². The lowest BCUT2D eigenvalue weighted by Gasteiger charge is -2.02. The molecule has 3 N–H and O–H groups in total. The van der Waals surface area contributed by atoms with Crippen LogP contribution in [0, 0.1) is 11.3 Å². The first-order valence-corrected chi connectivity index (χ1v) is 6.70. The minimum Gasteiger partial charge on any atom is -0.481 e. The van der Waals surface area contributed by atoms with Crippen LogP contribution in [0.1, 0.15) is 25.7 Å². The van der Waals surface area contributed by atoms with E-state index in [1.165, 1.54) is 6.08 Å². The van der Waals surface area contributed by atoms with E-state index in [4.69, 9.17) is 10.4 Å². The molecule has 0 heterocycles. The van der Waals surface area contributed by atoms with Crippen molar-refractivity contribution in [3.05, 3.63) is 48.6 Å². The first-order chi connectivity index (χ1) is 10.1. The van der Waals surface area contributed by atoms with Crippen LogP contribution >= 0.6 is 0 Å². The number of carboxylic acids is 1. The molecular weight excluding hydrogens is 270 g/mol. The Morgan fingerprint density at radius 2 is 1.71 bits per heavy atom. The number of aliphatic carboxylic acids is 1. The van der Waals surface area contributed by atoms with Crippen molar-refractivity contribution in [2.45, 2.75) is 37.9 Å². The van der Waals surface area contributed by atoms with E-state index in [2.05, 4.69) is 0 Å². The van der Waals surface area contributed by atoms with Gasteiger partial charge in [0.05, 0.1) is 18.3 Å². The van der Waals surface area contributed by atoms with Gasteiger partial charge in [-0.2, -0.15) is 5.26 Å². The van der Waals surface area contributed by atoms with Crippen LogP contribution in [0.3, 0.4) is 0 Å². The fraction of sp³-hybridized carbons (Fsp3) is 0.375. The van der Waals surface area contributed by atoms with Gasteiger partial charge >= 0.3 is 5.97 Å². The molecule has 0 radical (unpaired) electrons. The first kappa shape index (κ1) is 18.8. The quantitative estimate of drug-likeness (QED) is 0.422. The molecule has 5 nitrogen and oxygen atoms in total. The van der Waals surface area contributed by atoms with E-state index < -0.39 is 18.2 Å². The van der Waals surface area contributed by atoms with Crippen LogP contribution in [0.15, 0.2) is 48.6 Å². The molecule has 21 heavy (non-hydrogen) atoms. The van der Waals surface area contributed by atoms with Crippen LogP contribution in [0.25, 0.3) is 0 Å². The number of aliphatic hydroxyl groups is 2. The third-order valence-electron chi connectivity index (χ3n) is 2.46. The molecule has 0 bridgehead atoms. The lowest BCUT2D eigenvalue weighted by molar-refractivity contribution is -0.137. The highest BCUT2D eigenvalue weighted by Gasteiger charge is 2.01. The molecule has 0 spiro atoms. The topological polar surface area (TPSA) is 102 Å². The van der Waals surface area contributed by atoms with Gasteiger partial charge < -0.3 is 15.3 Å². The zero-order chi connectivity index (χ0) is 15.9. The summed E-state index contributed by atoms with van der Waals surface area (Å²) in [4.78, 5) is 10.3. The van der Waals surface area contributed by atoms with E-state index in [-0.39, 0.29) is 6.42 Å². The summed E-state index contributed by atoms with van der Waals surface area (Å²) in [7, 11) is 0. The second kappa shape index (κ2) is 12.9. The minimum atomic E-state index is -0.862. The fourth-order valence-corrected chi connectivity index (χ4v) is 1.41. The fourth-order valence-electron chi connectivity index (χ4n) is 1.41. The summed E-state index contributed by atoms with van der Waals surface area (Å²) < 4.78 is 0. The van der Waals surface area contributed by atoms with Crippen LogP contribution in [-0.2, 0) is 4.79 Å². The summed E-state index contributed by atoms with van der Waals surface area (Å²) in [6, 6.07) is 1.84. The molecule has 0 amide bonds. The van der Waals surface area contributed by atoms with Crippen LogP contribution in [0.2, 0.25) is 0 Å². The Bertz CT molecular complexity index is 444. The van der Waals surface area contributed by atoms with E-state index in [1.807, 2.05) is 6.07 Å². The maximum absolute atomic E-state index is 10.3. The Kier molecular flexibility index (Phi) is 11.5. The van der Waals surface area contributed by atoms with Gasteiger partial charge in [-0.25, -0.2) is 0 Å². The van der Waals surface area contributed by atoms with Gasteiger partial charge in [0.25, 0.3) is 0 Å². The number of hydrogen-bond donors (Lipinski definition) is 3. The number of nitriles is 1. The van der Waals surface area contributed by atoms with Gasteiger partial charge in [0.15, 0.2) is 0 Å². The summed E-state index contributed by atoms with van der Waals surface area (Å²) in [6.07, 6.45) is 12.8. The highest BCUT2D eigenvalue weighted by molar-refractivity contribution is 5.66. The molecule has 0 unspecified atom stereocenters. The van der Waals surface area contributed by atoms with E-state index in [9.17, 15) is 15.0 Å². The smallest absolute Gasteiger partial charge is 0.303 e. The minimum absolute atomic E-state index is 0.0572. The summed E-state index contributed by atoms with van der Waals surface area (Å²) in [5.41, 5.74) is 0. The first-order valence-electron chi connectivity index (χ1n) is 6.70. The third kappa shape index (κ3) is 14.1. The second-order valence-electron chi connectivity index (χ2n) is 4.34. The molecule has 0 aliphatic heterocycles. The van der Waals surface area contributed by atoms with Gasteiger partial charge in [-0.15, -0.1) is 0 Å². The lowest BCUT2D eigenvalue weighted by Crippen LogP contribution is -2.03. The summed E-state index contributed by atoms with van der Waals surface area (Å²) >= 11 is 0. The van der Waals surface area contributed by atoms with Crippen molar-refractivity contribution in [3.8, 4) is 6.07 Å². The Morgan fingerprint density at radius 1 is 1.10 bits per heavy atom. The van der Waals surface area contributed by atoms with Crippen LogP contribution in [0.5, 0.6) is 0 Å². The average molecular weight is 291 g/mol. The molecule has 0 aliphatic rings. The molecule has 0 aromatic carbocycles. The number of nitrogens with zero attached hydrogens (tertiary/aromatic N) is 1. The van der Waals surface area contributed by atoms with E-state index >= 15 is 0 Å². The average Bonchev–Trinajstić information content (AvgIpc) is 2.42. The van der Waals surface area contributed by atoms with E-state index in [0.717, 1.165) is 0 Å². The molecule has 0 aliphatic carbocycles. The molecule has 0 saturated carbocycles. The molecular formula is C16H21NO4. The number of carbonyl (C=O) groups is 1. The predicted molar refractivity (Wildman–Crippen MR) is 80.3 cm³/mol. The number of rotatable bonds is 10. The van der Waals surface area contributed by atoms with Gasteiger partial charge in [-0.05, 0) is 19.3 Å². The highest BCUT2D eigenvalue weighted by Crippen LogP contribution is 2.02. The standard InChI is InChI=1S/C16H21NO4/c17-13-6-5-10-14(18)8-3-1-2-4-9-15(19)11-7-12-16(20)21/h1-6,8-9,14-15,18-19H,7,10-12H2,(H,20,21)/b2-1+,6-5-,8-3+,9-4-/t14-,15+/m0/s1. The Balaban J connectivity index is 3.88. The molecule has 114 valence electrons. The SMILES string of the molecule is N#C/C=C\C[C@@H](O)/C=C/C=C/C=C\[C@@H](O)CCCC(=O)O. The second-order valence-corrected chi connectivity index (χ2v) is 4.34. The van der Waals surface area contributed by atoms with E-state index in [1.54, 1.807) is 42.5 Å². The molecule has 2 atom stereocenters. The van der Waals surface area contributed by atoms with Gasteiger partial charge in [0, 0.05) is 12.5 Å². The van der Waals surface area contributed by atoms with Crippen molar-refractivity contribution in [2.24, 2.45) is 0 Å². The van der Waals surface area contributed by atoms with Crippen molar-refractivity contribution >= 4 is 5.97 Å². The largest absolute Gasteiger partial charge is 0.481 e. The molecule has 0 fully saturated rings. The summed E-state index contributed by atoms with van der Waals surface area (Å²) in [6.45, 7) is 0. The number of allylic oxidation sites excluding steroid dienone is 5. The van der Waals surface area contributed by atoms with Gasteiger partial charge in [0.1, 0.15) is 0 Å².